The molecule has 1 aliphatic rings. The largest absolute Gasteiger partial charge is 0.507 e. The summed E-state index contributed by atoms with van der Waals surface area (Å²) < 4.78 is 58.1. The molecule has 186 valence electrons. The first-order valence-electron chi connectivity index (χ1n) is 10.2. The summed E-state index contributed by atoms with van der Waals surface area (Å²) in [6.07, 6.45) is -4.62. The van der Waals surface area contributed by atoms with Crippen LogP contribution in [-0.4, -0.2) is 23.9 Å². The number of methoxy groups -OCH3 is 1. The number of hydrogen-bond donors (Lipinski definition) is 1. The Balaban J connectivity index is 1.96. The molecule has 0 aromatic heterocycles. The van der Waals surface area contributed by atoms with E-state index in [-0.39, 0.29) is 32.6 Å². The fraction of sp³-hybridized carbons (Fsp3) is 0.120. The number of aliphatic hydroxyl groups excluding tert-OH is 1. The molecule has 3 aromatic rings. The van der Waals surface area contributed by atoms with Crippen LogP contribution in [0.3, 0.4) is 0 Å². The fourth-order valence-electron chi connectivity index (χ4n) is 3.96. The molecule has 0 bridgehead atoms. The highest BCUT2D eigenvalue weighted by molar-refractivity contribution is 6.51. The Morgan fingerprint density at radius 3 is 2.17 bits per heavy atom. The first kappa shape index (κ1) is 25.5. The van der Waals surface area contributed by atoms with Gasteiger partial charge in [0.2, 0.25) is 0 Å². The molecule has 11 heteroatoms. The molecule has 1 saturated heterocycles. The molecule has 3 aromatic carbocycles. The van der Waals surface area contributed by atoms with Crippen molar-refractivity contribution in [3.63, 3.8) is 0 Å². The lowest BCUT2D eigenvalue weighted by Crippen LogP contribution is -2.29. The van der Waals surface area contributed by atoms with E-state index in [0.29, 0.717) is 0 Å². The monoisotopic (exact) mass is 539 g/mol. The van der Waals surface area contributed by atoms with Gasteiger partial charge in [-0.15, -0.1) is 0 Å². The average Bonchev–Trinajstić information content (AvgIpc) is 3.08. The van der Waals surface area contributed by atoms with E-state index < -0.39 is 46.6 Å². The number of alkyl halides is 3. The van der Waals surface area contributed by atoms with Gasteiger partial charge in [0.25, 0.3) is 11.7 Å². The van der Waals surface area contributed by atoms with Crippen molar-refractivity contribution >= 4 is 46.3 Å². The van der Waals surface area contributed by atoms with Crippen molar-refractivity contribution in [1.82, 2.24) is 0 Å². The molecule has 1 aliphatic heterocycles. The molecular formula is C25H15Cl2F4NO4. The molecule has 1 N–H and O–H groups in total. The Morgan fingerprint density at radius 2 is 1.61 bits per heavy atom. The Bertz CT molecular complexity index is 1390. The number of anilines is 1. The zero-order valence-electron chi connectivity index (χ0n) is 18.2. The number of Topliss-reactive ketones (excluding diaryl/α,β-unsaturated/α-hetero) is 1. The molecule has 1 heterocycles. The number of halogens is 6. The molecule has 1 amide bonds. The van der Waals surface area contributed by atoms with Gasteiger partial charge in [-0.25, -0.2) is 4.39 Å². The van der Waals surface area contributed by atoms with Gasteiger partial charge in [0.05, 0.1) is 34.9 Å². The third kappa shape index (κ3) is 4.52. The Labute approximate surface area is 212 Å². The zero-order valence-corrected chi connectivity index (χ0v) is 19.7. The minimum absolute atomic E-state index is 0.0156. The molecule has 1 atom stereocenters. The van der Waals surface area contributed by atoms with Crippen molar-refractivity contribution in [2.24, 2.45) is 0 Å². The second kappa shape index (κ2) is 9.48. The van der Waals surface area contributed by atoms with Crippen molar-refractivity contribution < 1.29 is 37.0 Å². The summed E-state index contributed by atoms with van der Waals surface area (Å²) >= 11 is 12.2. The predicted molar refractivity (Wildman–Crippen MR) is 126 cm³/mol. The highest BCUT2D eigenvalue weighted by Crippen LogP contribution is 2.45. The van der Waals surface area contributed by atoms with E-state index in [1.165, 1.54) is 31.4 Å². The van der Waals surface area contributed by atoms with Gasteiger partial charge in [-0.1, -0.05) is 35.3 Å². The third-order valence-electron chi connectivity index (χ3n) is 5.57. The number of aliphatic hydroxyl groups is 1. The third-order valence-corrected chi connectivity index (χ3v) is 6.07. The fourth-order valence-corrected chi connectivity index (χ4v) is 4.53. The van der Waals surface area contributed by atoms with Crippen molar-refractivity contribution in [3.05, 3.63) is 98.8 Å². The molecule has 1 unspecified atom stereocenters. The van der Waals surface area contributed by atoms with Crippen LogP contribution in [0.4, 0.5) is 23.2 Å². The molecule has 0 saturated carbocycles. The molecule has 0 radical (unpaired) electrons. The van der Waals surface area contributed by atoms with Crippen LogP contribution >= 0.6 is 23.2 Å². The maximum Gasteiger partial charge on any atom is 0.416 e. The molecule has 1 fully saturated rings. The normalized spacial score (nSPS) is 17.5. The van der Waals surface area contributed by atoms with Crippen LogP contribution in [0.25, 0.3) is 5.76 Å². The maximum atomic E-state index is 13.7. The number of rotatable bonds is 4. The number of hydrogen-bond acceptors (Lipinski definition) is 4. The van der Waals surface area contributed by atoms with E-state index in [1.807, 2.05) is 0 Å². The lowest BCUT2D eigenvalue weighted by molar-refractivity contribution is -0.137. The molecule has 36 heavy (non-hydrogen) atoms. The number of nitrogens with zero attached hydrogens (tertiary/aromatic N) is 1. The van der Waals surface area contributed by atoms with Gasteiger partial charge < -0.3 is 9.84 Å². The van der Waals surface area contributed by atoms with Crippen molar-refractivity contribution in [2.45, 2.75) is 12.2 Å². The SMILES string of the molecule is COc1c(Cl)cc(Cl)cc1/C(O)=C1\C(=O)C(=O)N(c2ccc(C(F)(F)F)cc2)C1c1ccc(F)cc1. The van der Waals surface area contributed by atoms with Gasteiger partial charge in [0, 0.05) is 10.7 Å². The molecule has 0 aliphatic carbocycles. The summed E-state index contributed by atoms with van der Waals surface area (Å²) in [5.41, 5.74) is -1.30. The topological polar surface area (TPSA) is 66.8 Å². The summed E-state index contributed by atoms with van der Waals surface area (Å²) in [6, 6.07) is 9.63. The quantitative estimate of drug-likeness (QED) is 0.171. The van der Waals surface area contributed by atoms with Crippen LogP contribution in [-0.2, 0) is 15.8 Å². The van der Waals surface area contributed by atoms with Gasteiger partial charge in [-0.2, -0.15) is 13.2 Å². The molecule has 5 nitrogen and oxygen atoms in total. The summed E-state index contributed by atoms with van der Waals surface area (Å²) in [4.78, 5) is 27.2. The van der Waals surface area contributed by atoms with Crippen molar-refractivity contribution in [1.29, 1.82) is 0 Å². The second-order valence-corrected chi connectivity index (χ2v) is 8.58. The van der Waals surface area contributed by atoms with Gasteiger partial charge in [-0.3, -0.25) is 14.5 Å². The van der Waals surface area contributed by atoms with Crippen LogP contribution in [0.1, 0.15) is 22.7 Å². The lowest BCUT2D eigenvalue weighted by atomic mass is 9.94. The van der Waals surface area contributed by atoms with Gasteiger partial charge in [0.1, 0.15) is 17.3 Å². The smallest absolute Gasteiger partial charge is 0.416 e. The average molecular weight is 540 g/mol. The molecular weight excluding hydrogens is 525 g/mol. The standard InChI is InChI=1S/C25H15Cl2F4NO4/c1-36-23-17(10-14(26)11-18(23)27)21(33)19-20(12-2-6-15(28)7-3-12)32(24(35)22(19)34)16-8-4-13(5-9-16)25(29,30)31/h2-11,20,33H,1H3/b21-19+. The van der Waals surface area contributed by atoms with Crippen LogP contribution < -0.4 is 9.64 Å². The summed E-state index contributed by atoms with van der Waals surface area (Å²) in [5, 5.41) is 11.3. The number of benzene rings is 3. The zero-order chi connectivity index (χ0) is 26.4. The first-order chi connectivity index (χ1) is 16.9. The Hall–Kier alpha value is -3.56. The van der Waals surface area contributed by atoms with Crippen LogP contribution in [0, 0.1) is 5.82 Å². The highest BCUT2D eigenvalue weighted by atomic mass is 35.5. The Kier molecular flexibility index (Phi) is 6.72. The van der Waals surface area contributed by atoms with Gasteiger partial charge >= 0.3 is 6.18 Å². The predicted octanol–water partition coefficient (Wildman–Crippen LogP) is 6.79. The van der Waals surface area contributed by atoms with E-state index in [0.717, 1.165) is 41.3 Å². The van der Waals surface area contributed by atoms with E-state index in [2.05, 4.69) is 0 Å². The van der Waals surface area contributed by atoms with Crippen molar-refractivity contribution in [3.8, 4) is 5.75 Å². The van der Waals surface area contributed by atoms with Gasteiger partial charge in [0.15, 0.2) is 0 Å². The number of amides is 1. The second-order valence-electron chi connectivity index (χ2n) is 7.73. The van der Waals surface area contributed by atoms with E-state index >= 15 is 0 Å². The van der Waals surface area contributed by atoms with Crippen LogP contribution in [0.2, 0.25) is 10.0 Å². The maximum absolute atomic E-state index is 13.7. The van der Waals surface area contributed by atoms with E-state index in [9.17, 15) is 32.3 Å². The van der Waals surface area contributed by atoms with E-state index in [1.54, 1.807) is 0 Å². The minimum atomic E-state index is -4.62. The molecule has 0 spiro atoms. The van der Waals surface area contributed by atoms with Crippen LogP contribution in [0.5, 0.6) is 5.75 Å². The Morgan fingerprint density at radius 1 is 1.00 bits per heavy atom. The minimum Gasteiger partial charge on any atom is -0.507 e. The van der Waals surface area contributed by atoms with E-state index in [4.69, 9.17) is 27.9 Å². The summed E-state index contributed by atoms with van der Waals surface area (Å²) in [7, 11) is 1.27. The van der Waals surface area contributed by atoms with Gasteiger partial charge in [-0.05, 0) is 54.1 Å². The van der Waals surface area contributed by atoms with Crippen molar-refractivity contribution in [2.75, 3.05) is 12.0 Å². The number of carbonyl (C=O) groups is 2. The first-order valence-corrected chi connectivity index (χ1v) is 11.0. The highest BCUT2D eigenvalue weighted by Gasteiger charge is 2.47. The molecule has 4 rings (SSSR count). The van der Waals surface area contributed by atoms with Crippen LogP contribution in [0.15, 0.2) is 66.2 Å². The lowest BCUT2D eigenvalue weighted by Gasteiger charge is -2.26. The number of ether oxygens (including phenoxy) is 1. The number of ketones is 1. The number of carbonyl (C=O) groups excluding carboxylic acids is 2. The summed E-state index contributed by atoms with van der Waals surface area (Å²) in [6.45, 7) is 0. The summed E-state index contributed by atoms with van der Waals surface area (Å²) in [5.74, 6) is -3.55.